The van der Waals surface area contributed by atoms with E-state index in [1.807, 2.05) is 35.4 Å². The van der Waals surface area contributed by atoms with Gasteiger partial charge in [0.2, 0.25) is 5.91 Å². The standard InChI is InChI=1S/C22H20N2O2/c25-22(24-11-13-26-14-12-24)8-7-18-9-10-23-16-21(18)20-6-5-17-3-1-2-4-19(17)15-20/h1-10,15-16H,11-14H2. The predicted octanol–water partition coefficient (Wildman–Crippen LogP) is 3.77. The van der Waals surface area contributed by atoms with E-state index in [2.05, 4.69) is 35.3 Å². The number of ether oxygens (including phenoxy) is 1. The first-order chi connectivity index (χ1) is 12.8. The molecule has 1 aliphatic heterocycles. The molecule has 0 unspecified atom stereocenters. The molecule has 1 saturated heterocycles. The molecule has 1 aromatic heterocycles. The highest BCUT2D eigenvalue weighted by atomic mass is 16.5. The first-order valence-electron chi connectivity index (χ1n) is 8.79. The van der Waals surface area contributed by atoms with E-state index < -0.39 is 0 Å². The fourth-order valence-corrected chi connectivity index (χ4v) is 3.20. The first-order valence-corrected chi connectivity index (χ1v) is 8.79. The third-order valence-corrected chi connectivity index (χ3v) is 4.64. The fraction of sp³-hybridized carbons (Fsp3) is 0.182. The molecular formula is C22H20N2O2. The molecule has 1 fully saturated rings. The average molecular weight is 344 g/mol. The van der Waals surface area contributed by atoms with Gasteiger partial charge in [0, 0.05) is 37.1 Å². The first kappa shape index (κ1) is 16.5. The van der Waals surface area contributed by atoms with Gasteiger partial charge in [0.15, 0.2) is 0 Å². The summed E-state index contributed by atoms with van der Waals surface area (Å²) in [7, 11) is 0. The normalized spacial score (nSPS) is 14.8. The summed E-state index contributed by atoms with van der Waals surface area (Å²) in [6.07, 6.45) is 7.13. The zero-order valence-corrected chi connectivity index (χ0v) is 14.5. The summed E-state index contributed by atoms with van der Waals surface area (Å²) in [6.45, 7) is 2.52. The molecule has 3 aromatic rings. The molecule has 2 aromatic carbocycles. The minimum atomic E-state index is 0.0228. The van der Waals surface area contributed by atoms with Gasteiger partial charge in [-0.3, -0.25) is 9.78 Å². The summed E-state index contributed by atoms with van der Waals surface area (Å²) in [4.78, 5) is 18.5. The maximum atomic E-state index is 12.4. The molecule has 0 N–H and O–H groups in total. The van der Waals surface area contributed by atoms with Gasteiger partial charge in [0.1, 0.15) is 0 Å². The van der Waals surface area contributed by atoms with Crippen molar-refractivity contribution < 1.29 is 9.53 Å². The third-order valence-electron chi connectivity index (χ3n) is 4.64. The molecule has 0 spiro atoms. The summed E-state index contributed by atoms with van der Waals surface area (Å²) in [5.41, 5.74) is 3.09. The molecule has 0 radical (unpaired) electrons. The van der Waals surface area contributed by atoms with E-state index >= 15 is 0 Å². The summed E-state index contributed by atoms with van der Waals surface area (Å²) in [6, 6.07) is 16.6. The topological polar surface area (TPSA) is 42.4 Å². The van der Waals surface area contributed by atoms with Crippen molar-refractivity contribution in [3.05, 3.63) is 72.6 Å². The van der Waals surface area contributed by atoms with Crippen molar-refractivity contribution in [1.29, 1.82) is 0 Å². The second kappa shape index (κ2) is 7.50. The van der Waals surface area contributed by atoms with E-state index in [9.17, 15) is 4.79 Å². The minimum absolute atomic E-state index is 0.0228. The molecule has 1 aliphatic rings. The Balaban J connectivity index is 1.63. The fourth-order valence-electron chi connectivity index (χ4n) is 3.20. The number of carbonyl (C=O) groups is 1. The van der Waals surface area contributed by atoms with Gasteiger partial charge in [0.25, 0.3) is 0 Å². The highest BCUT2D eigenvalue weighted by molar-refractivity contribution is 5.94. The summed E-state index contributed by atoms with van der Waals surface area (Å²) < 4.78 is 5.30. The molecule has 2 heterocycles. The number of carbonyl (C=O) groups excluding carboxylic acids is 1. The maximum Gasteiger partial charge on any atom is 0.246 e. The van der Waals surface area contributed by atoms with Gasteiger partial charge in [-0.15, -0.1) is 0 Å². The lowest BCUT2D eigenvalue weighted by Crippen LogP contribution is -2.39. The molecule has 130 valence electrons. The van der Waals surface area contributed by atoms with Gasteiger partial charge in [-0.25, -0.2) is 0 Å². The zero-order valence-electron chi connectivity index (χ0n) is 14.5. The smallest absolute Gasteiger partial charge is 0.246 e. The van der Waals surface area contributed by atoms with Crippen LogP contribution >= 0.6 is 0 Å². The van der Waals surface area contributed by atoms with Crippen LogP contribution in [0.25, 0.3) is 28.0 Å². The lowest BCUT2D eigenvalue weighted by atomic mass is 9.98. The van der Waals surface area contributed by atoms with Gasteiger partial charge in [0.05, 0.1) is 13.2 Å². The van der Waals surface area contributed by atoms with E-state index in [4.69, 9.17) is 4.74 Å². The Morgan fingerprint density at radius 3 is 2.69 bits per heavy atom. The van der Waals surface area contributed by atoms with Crippen LogP contribution in [0.1, 0.15) is 5.56 Å². The van der Waals surface area contributed by atoms with Gasteiger partial charge in [-0.05, 0) is 40.1 Å². The largest absolute Gasteiger partial charge is 0.378 e. The molecule has 4 heteroatoms. The molecule has 26 heavy (non-hydrogen) atoms. The van der Waals surface area contributed by atoms with Crippen LogP contribution in [0.2, 0.25) is 0 Å². The number of pyridine rings is 1. The van der Waals surface area contributed by atoms with Crippen molar-refractivity contribution in [2.45, 2.75) is 0 Å². The summed E-state index contributed by atoms with van der Waals surface area (Å²) >= 11 is 0. The molecule has 4 nitrogen and oxygen atoms in total. The summed E-state index contributed by atoms with van der Waals surface area (Å²) in [5.74, 6) is 0.0228. The number of rotatable bonds is 3. The number of morpholine rings is 1. The van der Waals surface area contributed by atoms with E-state index in [0.717, 1.165) is 16.7 Å². The van der Waals surface area contributed by atoms with Crippen molar-refractivity contribution >= 4 is 22.8 Å². The van der Waals surface area contributed by atoms with Crippen LogP contribution < -0.4 is 0 Å². The lowest BCUT2D eigenvalue weighted by Gasteiger charge is -2.25. The Morgan fingerprint density at radius 2 is 1.85 bits per heavy atom. The molecule has 0 atom stereocenters. The second-order valence-electron chi connectivity index (χ2n) is 6.30. The van der Waals surface area contributed by atoms with Gasteiger partial charge in [-0.2, -0.15) is 0 Å². The monoisotopic (exact) mass is 344 g/mol. The van der Waals surface area contributed by atoms with E-state index in [-0.39, 0.29) is 5.91 Å². The van der Waals surface area contributed by atoms with Crippen molar-refractivity contribution in [2.75, 3.05) is 26.3 Å². The lowest BCUT2D eigenvalue weighted by molar-refractivity contribution is -0.129. The van der Waals surface area contributed by atoms with Crippen LogP contribution in [0.5, 0.6) is 0 Å². The maximum absolute atomic E-state index is 12.4. The summed E-state index contributed by atoms with van der Waals surface area (Å²) in [5, 5.41) is 2.40. The highest BCUT2D eigenvalue weighted by Gasteiger charge is 2.14. The Labute approximate surface area is 152 Å². The predicted molar refractivity (Wildman–Crippen MR) is 104 cm³/mol. The number of aromatic nitrogens is 1. The number of hydrogen-bond acceptors (Lipinski definition) is 3. The van der Waals surface area contributed by atoms with E-state index in [1.54, 1.807) is 12.3 Å². The van der Waals surface area contributed by atoms with Crippen molar-refractivity contribution in [3.63, 3.8) is 0 Å². The van der Waals surface area contributed by atoms with Crippen molar-refractivity contribution in [3.8, 4) is 11.1 Å². The van der Waals surface area contributed by atoms with E-state index in [0.29, 0.717) is 26.3 Å². The van der Waals surface area contributed by atoms with Crippen molar-refractivity contribution in [1.82, 2.24) is 9.88 Å². The SMILES string of the molecule is O=C(C=Cc1ccncc1-c1ccc2ccccc2c1)N1CCOCC1. The van der Waals surface area contributed by atoms with Crippen molar-refractivity contribution in [2.24, 2.45) is 0 Å². The van der Waals surface area contributed by atoms with Gasteiger partial charge < -0.3 is 9.64 Å². The van der Waals surface area contributed by atoms with Crippen LogP contribution in [0, 0.1) is 0 Å². The van der Waals surface area contributed by atoms with Gasteiger partial charge in [-0.1, -0.05) is 36.4 Å². The van der Waals surface area contributed by atoms with Crippen LogP contribution in [0.15, 0.2) is 67.0 Å². The number of hydrogen-bond donors (Lipinski definition) is 0. The van der Waals surface area contributed by atoms with Crippen LogP contribution in [-0.2, 0) is 9.53 Å². The minimum Gasteiger partial charge on any atom is -0.378 e. The van der Waals surface area contributed by atoms with Crippen LogP contribution in [-0.4, -0.2) is 42.1 Å². The number of fused-ring (bicyclic) bond motifs is 1. The molecule has 0 aliphatic carbocycles. The Hall–Kier alpha value is -2.98. The Morgan fingerprint density at radius 1 is 1.04 bits per heavy atom. The molecule has 0 bridgehead atoms. The van der Waals surface area contributed by atoms with Crippen LogP contribution in [0.3, 0.4) is 0 Å². The molecule has 0 saturated carbocycles. The third kappa shape index (κ3) is 3.51. The molecule has 1 amide bonds. The number of nitrogens with zero attached hydrogens (tertiary/aromatic N) is 2. The van der Waals surface area contributed by atoms with Gasteiger partial charge >= 0.3 is 0 Å². The van der Waals surface area contributed by atoms with E-state index in [1.165, 1.54) is 10.8 Å². The quantitative estimate of drug-likeness (QED) is 0.679. The van der Waals surface area contributed by atoms with Crippen LogP contribution in [0.4, 0.5) is 0 Å². The Kier molecular flexibility index (Phi) is 4.75. The zero-order chi connectivity index (χ0) is 17.8. The molecular weight excluding hydrogens is 324 g/mol. The Bertz CT molecular complexity index is 959. The number of benzene rings is 2. The second-order valence-corrected chi connectivity index (χ2v) is 6.30. The average Bonchev–Trinajstić information content (AvgIpc) is 2.72. The highest BCUT2D eigenvalue weighted by Crippen LogP contribution is 2.27. The molecule has 4 rings (SSSR count). The number of amides is 1.